The molecule has 1 atom stereocenters. The quantitative estimate of drug-likeness (QED) is 0.515. The van der Waals surface area contributed by atoms with Crippen LogP contribution in [0.25, 0.3) is 0 Å². The van der Waals surface area contributed by atoms with Gasteiger partial charge in [-0.05, 0) is 58.4 Å². The fraction of sp³-hybridized carbons (Fsp3) is 0.0952. The van der Waals surface area contributed by atoms with Crippen molar-refractivity contribution in [2.45, 2.75) is 6.10 Å². The highest BCUT2D eigenvalue weighted by atomic mass is 79.9. The fourth-order valence-corrected chi connectivity index (χ4v) is 3.26. The summed E-state index contributed by atoms with van der Waals surface area (Å²) in [6.07, 6.45) is -0.828. The summed E-state index contributed by atoms with van der Waals surface area (Å²) >= 11 is 9.41. The van der Waals surface area contributed by atoms with E-state index in [9.17, 15) is 4.79 Å². The topological polar surface area (TPSA) is 47.6 Å². The summed E-state index contributed by atoms with van der Waals surface area (Å²) in [5.41, 5.74) is 1.39. The fourth-order valence-electron chi connectivity index (χ4n) is 2.48. The first-order chi connectivity index (χ1) is 13.1. The second-order valence-corrected chi connectivity index (χ2v) is 6.99. The second-order valence-electron chi connectivity index (χ2n) is 5.70. The van der Waals surface area contributed by atoms with E-state index in [0.29, 0.717) is 26.7 Å². The zero-order valence-corrected chi connectivity index (χ0v) is 16.8. The minimum atomic E-state index is -0.828. The average molecular weight is 447 g/mol. The van der Waals surface area contributed by atoms with Crippen molar-refractivity contribution in [1.29, 1.82) is 0 Å². The number of halogens is 2. The number of methoxy groups -OCH3 is 1. The van der Waals surface area contributed by atoms with Crippen LogP contribution in [0.1, 0.15) is 11.7 Å². The third-order valence-corrected chi connectivity index (χ3v) is 4.69. The van der Waals surface area contributed by atoms with Crippen molar-refractivity contribution >= 4 is 39.1 Å². The van der Waals surface area contributed by atoms with E-state index in [1.807, 2.05) is 30.3 Å². The van der Waals surface area contributed by atoms with Crippen molar-refractivity contribution in [1.82, 2.24) is 0 Å². The van der Waals surface area contributed by atoms with Gasteiger partial charge in [0, 0.05) is 16.3 Å². The van der Waals surface area contributed by atoms with Gasteiger partial charge in [0.15, 0.2) is 0 Å². The van der Waals surface area contributed by atoms with Gasteiger partial charge in [0.05, 0.1) is 11.6 Å². The van der Waals surface area contributed by atoms with E-state index in [-0.39, 0.29) is 5.91 Å². The molecule has 6 heteroatoms. The van der Waals surface area contributed by atoms with Crippen molar-refractivity contribution in [3.63, 3.8) is 0 Å². The molecule has 1 N–H and O–H groups in total. The van der Waals surface area contributed by atoms with Gasteiger partial charge in [-0.15, -0.1) is 0 Å². The van der Waals surface area contributed by atoms with E-state index >= 15 is 0 Å². The molecule has 0 fully saturated rings. The molecule has 1 amide bonds. The Bertz CT molecular complexity index is 916. The van der Waals surface area contributed by atoms with Gasteiger partial charge in [-0.2, -0.15) is 0 Å². The van der Waals surface area contributed by atoms with Gasteiger partial charge in [0.2, 0.25) is 6.10 Å². The number of ether oxygens (including phenoxy) is 2. The predicted molar refractivity (Wildman–Crippen MR) is 111 cm³/mol. The van der Waals surface area contributed by atoms with Crippen molar-refractivity contribution in [2.75, 3.05) is 12.4 Å². The van der Waals surface area contributed by atoms with Gasteiger partial charge in [0.25, 0.3) is 5.91 Å². The van der Waals surface area contributed by atoms with Crippen LogP contribution in [0, 0.1) is 0 Å². The molecular weight excluding hydrogens is 430 g/mol. The maximum atomic E-state index is 12.9. The van der Waals surface area contributed by atoms with E-state index in [1.165, 1.54) is 0 Å². The summed E-state index contributed by atoms with van der Waals surface area (Å²) in [4.78, 5) is 12.9. The van der Waals surface area contributed by atoms with Gasteiger partial charge in [0.1, 0.15) is 11.5 Å². The number of anilines is 1. The summed E-state index contributed by atoms with van der Waals surface area (Å²) in [5.74, 6) is 0.959. The summed E-state index contributed by atoms with van der Waals surface area (Å²) in [6.45, 7) is 0. The van der Waals surface area contributed by atoms with Crippen molar-refractivity contribution in [3.05, 3.63) is 87.9 Å². The number of carbonyl (C=O) groups is 1. The van der Waals surface area contributed by atoms with Crippen molar-refractivity contribution < 1.29 is 14.3 Å². The number of hydrogen-bond acceptors (Lipinski definition) is 3. The van der Waals surface area contributed by atoms with Gasteiger partial charge in [-0.25, -0.2) is 0 Å². The number of benzene rings is 3. The first-order valence-corrected chi connectivity index (χ1v) is 9.35. The molecule has 4 nitrogen and oxygen atoms in total. The molecule has 3 aromatic carbocycles. The molecule has 0 saturated heterocycles. The lowest BCUT2D eigenvalue weighted by molar-refractivity contribution is -0.123. The van der Waals surface area contributed by atoms with E-state index in [0.717, 1.165) is 5.56 Å². The number of hydrogen-bond donors (Lipinski definition) is 1. The van der Waals surface area contributed by atoms with E-state index in [1.54, 1.807) is 49.6 Å². The molecule has 0 heterocycles. The van der Waals surface area contributed by atoms with Crippen LogP contribution in [-0.2, 0) is 4.79 Å². The minimum absolute atomic E-state index is 0.284. The Morgan fingerprint density at radius 2 is 1.74 bits per heavy atom. The van der Waals surface area contributed by atoms with Crippen LogP contribution < -0.4 is 14.8 Å². The van der Waals surface area contributed by atoms with Crippen LogP contribution in [0.15, 0.2) is 77.3 Å². The van der Waals surface area contributed by atoms with E-state index in [2.05, 4.69) is 21.2 Å². The zero-order valence-electron chi connectivity index (χ0n) is 14.5. The van der Waals surface area contributed by atoms with Crippen LogP contribution in [-0.4, -0.2) is 13.0 Å². The molecule has 0 aromatic heterocycles. The Hall–Kier alpha value is -2.50. The summed E-state index contributed by atoms with van der Waals surface area (Å²) in [6, 6.07) is 21.6. The molecule has 3 aromatic rings. The summed E-state index contributed by atoms with van der Waals surface area (Å²) < 4.78 is 11.8. The lowest BCUT2D eigenvalue weighted by Crippen LogP contribution is -2.25. The molecule has 27 heavy (non-hydrogen) atoms. The van der Waals surface area contributed by atoms with E-state index < -0.39 is 6.10 Å². The smallest absolute Gasteiger partial charge is 0.270 e. The molecule has 0 bridgehead atoms. The molecule has 3 rings (SSSR count). The Labute approximate surface area is 171 Å². The molecule has 0 aliphatic rings. The second kappa shape index (κ2) is 8.93. The molecule has 0 aliphatic heterocycles. The lowest BCUT2D eigenvalue weighted by Gasteiger charge is -2.20. The highest BCUT2D eigenvalue weighted by molar-refractivity contribution is 9.10. The zero-order chi connectivity index (χ0) is 19.2. The monoisotopic (exact) mass is 445 g/mol. The summed E-state index contributed by atoms with van der Waals surface area (Å²) in [5, 5.41) is 3.46. The molecule has 0 spiro atoms. The number of rotatable bonds is 6. The Morgan fingerprint density at radius 3 is 2.37 bits per heavy atom. The molecule has 0 saturated carbocycles. The Morgan fingerprint density at radius 1 is 1.04 bits per heavy atom. The SMILES string of the molecule is COc1ccc(NC(=O)[C@@H](Oc2ccc(Cl)cc2Br)c2ccccc2)cc1. The molecule has 138 valence electrons. The largest absolute Gasteiger partial charge is 0.497 e. The summed E-state index contributed by atoms with van der Waals surface area (Å²) in [7, 11) is 1.59. The standard InChI is InChI=1S/C21H17BrClNO3/c1-26-17-10-8-16(9-11-17)24-21(25)20(14-5-3-2-4-6-14)27-19-12-7-15(23)13-18(19)22/h2-13,20H,1H3,(H,24,25)/t20-/m0/s1. The van der Waals surface area contributed by atoms with Gasteiger partial charge < -0.3 is 14.8 Å². The van der Waals surface area contributed by atoms with Crippen LogP contribution in [0.5, 0.6) is 11.5 Å². The van der Waals surface area contributed by atoms with Gasteiger partial charge in [-0.3, -0.25) is 4.79 Å². The normalized spacial score (nSPS) is 11.5. The number of nitrogens with one attached hydrogen (secondary N) is 1. The van der Waals surface area contributed by atoms with Crippen molar-refractivity contribution in [2.24, 2.45) is 0 Å². The Kier molecular flexibility index (Phi) is 6.37. The first-order valence-electron chi connectivity index (χ1n) is 8.18. The van der Waals surface area contributed by atoms with Crippen LogP contribution in [0.3, 0.4) is 0 Å². The molecule has 0 radical (unpaired) electrons. The average Bonchev–Trinajstić information content (AvgIpc) is 2.68. The molecule has 0 aliphatic carbocycles. The Balaban J connectivity index is 1.85. The van der Waals surface area contributed by atoms with Crippen LogP contribution in [0.2, 0.25) is 5.02 Å². The van der Waals surface area contributed by atoms with Gasteiger partial charge >= 0.3 is 0 Å². The van der Waals surface area contributed by atoms with Crippen LogP contribution in [0.4, 0.5) is 5.69 Å². The maximum Gasteiger partial charge on any atom is 0.270 e. The third-order valence-electron chi connectivity index (χ3n) is 3.84. The van der Waals surface area contributed by atoms with Crippen LogP contribution >= 0.6 is 27.5 Å². The molecule has 0 unspecified atom stereocenters. The molecular formula is C21H17BrClNO3. The number of carbonyl (C=O) groups excluding carboxylic acids is 1. The van der Waals surface area contributed by atoms with Crippen molar-refractivity contribution in [3.8, 4) is 11.5 Å². The highest BCUT2D eigenvalue weighted by Gasteiger charge is 2.23. The maximum absolute atomic E-state index is 12.9. The lowest BCUT2D eigenvalue weighted by atomic mass is 10.1. The van der Waals surface area contributed by atoms with Gasteiger partial charge in [-0.1, -0.05) is 41.9 Å². The highest BCUT2D eigenvalue weighted by Crippen LogP contribution is 2.32. The predicted octanol–water partition coefficient (Wildman–Crippen LogP) is 5.87. The number of amides is 1. The first kappa shape index (κ1) is 19.3. The van der Waals surface area contributed by atoms with E-state index in [4.69, 9.17) is 21.1 Å². The third kappa shape index (κ3) is 5.02. The minimum Gasteiger partial charge on any atom is -0.497 e.